The van der Waals surface area contributed by atoms with Crippen LogP contribution in [-0.4, -0.2) is 10.1 Å². The van der Waals surface area contributed by atoms with E-state index in [4.69, 9.17) is 0 Å². The summed E-state index contributed by atoms with van der Waals surface area (Å²) in [6, 6.07) is 7.86. The summed E-state index contributed by atoms with van der Waals surface area (Å²) >= 11 is 3.40. The minimum atomic E-state index is -0.467. The van der Waals surface area contributed by atoms with Crippen molar-refractivity contribution in [1.29, 1.82) is 0 Å². The van der Waals surface area contributed by atoms with Crippen LogP contribution in [0.5, 0.6) is 0 Å². The van der Waals surface area contributed by atoms with E-state index in [1.807, 2.05) is 24.3 Å². The van der Waals surface area contributed by atoms with Gasteiger partial charge in [-0.05, 0) is 36.8 Å². The lowest BCUT2D eigenvalue weighted by Gasteiger charge is -2.05. The number of aliphatic hydroxyl groups is 1. The number of hydrogen-bond donors (Lipinski definition) is 1. The van der Waals surface area contributed by atoms with Gasteiger partial charge in [-0.25, -0.2) is 0 Å². The average molecular weight is 252 g/mol. The number of hydrogen-bond acceptors (Lipinski definition) is 2. The van der Waals surface area contributed by atoms with Gasteiger partial charge in [0.25, 0.3) is 0 Å². The zero-order chi connectivity index (χ0) is 10.1. The first-order chi connectivity index (χ1) is 6.66. The third kappa shape index (κ3) is 1.79. The fourth-order valence-electron chi connectivity index (χ4n) is 1.35. The number of rotatable bonds is 1. The molecule has 3 heteroatoms. The third-order valence-electron chi connectivity index (χ3n) is 2.15. The summed E-state index contributed by atoms with van der Waals surface area (Å²) in [7, 11) is 0. The zero-order valence-electron chi connectivity index (χ0n) is 7.74. The van der Waals surface area contributed by atoms with E-state index >= 15 is 0 Å². The summed E-state index contributed by atoms with van der Waals surface area (Å²) in [6.07, 6.45) is 1.24. The second kappa shape index (κ2) is 3.67. The lowest BCUT2D eigenvalue weighted by Crippen LogP contribution is -1.92. The van der Waals surface area contributed by atoms with Gasteiger partial charge in [0.1, 0.15) is 0 Å². The van der Waals surface area contributed by atoms with Gasteiger partial charge in [0.05, 0.1) is 11.6 Å². The van der Waals surface area contributed by atoms with Crippen molar-refractivity contribution in [1.82, 2.24) is 4.98 Å². The number of fused-ring (bicyclic) bond motifs is 1. The highest BCUT2D eigenvalue weighted by Crippen LogP contribution is 2.21. The van der Waals surface area contributed by atoms with Crippen molar-refractivity contribution in [2.24, 2.45) is 0 Å². The van der Waals surface area contributed by atoms with E-state index in [2.05, 4.69) is 20.9 Å². The first-order valence-corrected chi connectivity index (χ1v) is 5.19. The van der Waals surface area contributed by atoms with E-state index in [0.29, 0.717) is 0 Å². The summed E-state index contributed by atoms with van der Waals surface area (Å²) in [5.74, 6) is 0. The van der Waals surface area contributed by atoms with Crippen LogP contribution < -0.4 is 0 Å². The number of halogens is 1. The Kier molecular flexibility index (Phi) is 2.52. The molecule has 14 heavy (non-hydrogen) atoms. The molecule has 0 fully saturated rings. The van der Waals surface area contributed by atoms with Crippen molar-refractivity contribution in [3.63, 3.8) is 0 Å². The van der Waals surface area contributed by atoms with Gasteiger partial charge in [0, 0.05) is 16.1 Å². The standard InChI is InChI=1S/C11H10BrNO/c1-7(14)9-4-8-5-10(12)2-3-11(8)13-6-9/h2-7,14H,1H3/t7-/m1/s1. The number of aliphatic hydroxyl groups excluding tert-OH is 1. The van der Waals surface area contributed by atoms with E-state index < -0.39 is 6.10 Å². The maximum atomic E-state index is 9.40. The maximum absolute atomic E-state index is 9.40. The Bertz CT molecular complexity index is 468. The van der Waals surface area contributed by atoms with E-state index in [1.54, 1.807) is 13.1 Å². The SMILES string of the molecule is C[C@@H](O)c1cnc2ccc(Br)cc2c1. The van der Waals surface area contributed by atoms with Crippen LogP contribution in [0.3, 0.4) is 0 Å². The van der Waals surface area contributed by atoms with E-state index in [1.165, 1.54) is 0 Å². The molecule has 2 nitrogen and oxygen atoms in total. The molecule has 0 saturated heterocycles. The molecule has 0 aliphatic carbocycles. The highest BCUT2D eigenvalue weighted by molar-refractivity contribution is 9.10. The molecule has 1 atom stereocenters. The fraction of sp³-hybridized carbons (Fsp3) is 0.182. The molecule has 0 aliphatic rings. The summed E-state index contributed by atoms with van der Waals surface area (Å²) in [4.78, 5) is 4.26. The zero-order valence-corrected chi connectivity index (χ0v) is 9.32. The Morgan fingerprint density at radius 2 is 2.14 bits per heavy atom. The molecular formula is C11H10BrNO. The van der Waals surface area contributed by atoms with E-state index in [-0.39, 0.29) is 0 Å². The Hall–Kier alpha value is -0.930. The van der Waals surface area contributed by atoms with Gasteiger partial charge < -0.3 is 5.11 Å². The largest absolute Gasteiger partial charge is 0.389 e. The molecule has 0 unspecified atom stereocenters. The fourth-order valence-corrected chi connectivity index (χ4v) is 1.73. The van der Waals surface area contributed by atoms with Gasteiger partial charge in [-0.1, -0.05) is 15.9 Å². The molecule has 0 radical (unpaired) electrons. The van der Waals surface area contributed by atoms with Crippen molar-refractivity contribution in [2.75, 3.05) is 0 Å². The molecule has 0 amide bonds. The third-order valence-corrected chi connectivity index (χ3v) is 2.64. The van der Waals surface area contributed by atoms with Crippen LogP contribution in [0.1, 0.15) is 18.6 Å². The molecule has 2 aromatic rings. The Morgan fingerprint density at radius 1 is 1.36 bits per heavy atom. The van der Waals surface area contributed by atoms with Crippen molar-refractivity contribution in [2.45, 2.75) is 13.0 Å². The smallest absolute Gasteiger partial charge is 0.0777 e. The van der Waals surface area contributed by atoms with E-state index in [9.17, 15) is 5.11 Å². The summed E-state index contributed by atoms with van der Waals surface area (Å²) in [6.45, 7) is 1.74. The molecule has 72 valence electrons. The van der Waals surface area contributed by atoms with Gasteiger partial charge >= 0.3 is 0 Å². The number of aromatic nitrogens is 1. The highest BCUT2D eigenvalue weighted by Gasteiger charge is 2.02. The lowest BCUT2D eigenvalue weighted by atomic mass is 10.1. The summed E-state index contributed by atoms with van der Waals surface area (Å²) in [5.41, 5.74) is 1.79. The second-order valence-corrected chi connectivity index (χ2v) is 4.20. The predicted molar refractivity (Wildman–Crippen MR) is 60.1 cm³/mol. The quantitative estimate of drug-likeness (QED) is 0.846. The minimum Gasteiger partial charge on any atom is -0.389 e. The first kappa shape index (κ1) is 9.62. The topological polar surface area (TPSA) is 33.1 Å². The van der Waals surface area contributed by atoms with Crippen LogP contribution in [0.2, 0.25) is 0 Å². The van der Waals surface area contributed by atoms with Gasteiger partial charge in [-0.3, -0.25) is 4.98 Å². The Morgan fingerprint density at radius 3 is 2.86 bits per heavy atom. The Labute approximate surface area is 90.7 Å². The maximum Gasteiger partial charge on any atom is 0.0777 e. The van der Waals surface area contributed by atoms with Gasteiger partial charge in [0.15, 0.2) is 0 Å². The average Bonchev–Trinajstić information content (AvgIpc) is 2.16. The molecule has 0 saturated carbocycles. The monoisotopic (exact) mass is 251 g/mol. The summed E-state index contributed by atoms with van der Waals surface area (Å²) in [5, 5.41) is 10.4. The van der Waals surface area contributed by atoms with Crippen molar-refractivity contribution >= 4 is 26.8 Å². The van der Waals surface area contributed by atoms with Crippen molar-refractivity contribution in [3.05, 3.63) is 40.5 Å². The molecular weight excluding hydrogens is 242 g/mol. The molecule has 0 aliphatic heterocycles. The van der Waals surface area contributed by atoms with Crippen LogP contribution in [0.15, 0.2) is 34.9 Å². The highest BCUT2D eigenvalue weighted by atomic mass is 79.9. The second-order valence-electron chi connectivity index (χ2n) is 3.28. The molecule has 0 spiro atoms. The van der Waals surface area contributed by atoms with Gasteiger partial charge in [0.2, 0.25) is 0 Å². The predicted octanol–water partition coefficient (Wildman–Crippen LogP) is 3.05. The van der Waals surface area contributed by atoms with Crippen LogP contribution in [0.25, 0.3) is 10.9 Å². The van der Waals surface area contributed by atoms with Crippen LogP contribution >= 0.6 is 15.9 Å². The van der Waals surface area contributed by atoms with Crippen molar-refractivity contribution < 1.29 is 5.11 Å². The summed E-state index contributed by atoms with van der Waals surface area (Å²) < 4.78 is 1.02. The molecule has 1 aromatic carbocycles. The number of pyridine rings is 1. The Balaban J connectivity index is 2.63. The van der Waals surface area contributed by atoms with Crippen LogP contribution in [0.4, 0.5) is 0 Å². The molecule has 0 bridgehead atoms. The molecule has 1 N–H and O–H groups in total. The van der Waals surface area contributed by atoms with E-state index in [0.717, 1.165) is 20.9 Å². The van der Waals surface area contributed by atoms with Gasteiger partial charge in [-0.2, -0.15) is 0 Å². The van der Waals surface area contributed by atoms with Crippen molar-refractivity contribution in [3.8, 4) is 0 Å². The normalized spacial score (nSPS) is 13.1. The van der Waals surface area contributed by atoms with Crippen LogP contribution in [-0.2, 0) is 0 Å². The lowest BCUT2D eigenvalue weighted by molar-refractivity contribution is 0.199. The van der Waals surface area contributed by atoms with Gasteiger partial charge in [-0.15, -0.1) is 0 Å². The number of benzene rings is 1. The molecule has 1 heterocycles. The minimum absolute atomic E-state index is 0.467. The molecule has 2 rings (SSSR count). The van der Waals surface area contributed by atoms with Crippen LogP contribution in [0, 0.1) is 0 Å². The molecule has 1 aromatic heterocycles. The first-order valence-electron chi connectivity index (χ1n) is 4.40. The number of nitrogens with zero attached hydrogens (tertiary/aromatic N) is 1.